The van der Waals surface area contributed by atoms with Crippen LogP contribution in [0.25, 0.3) is 16.7 Å². The molecular formula is C17H19N5O3S. The van der Waals surface area contributed by atoms with Crippen molar-refractivity contribution in [3.63, 3.8) is 0 Å². The Hall–Kier alpha value is -2.39. The average molecular weight is 373 g/mol. The van der Waals surface area contributed by atoms with Crippen LogP contribution in [-0.4, -0.2) is 61.5 Å². The van der Waals surface area contributed by atoms with Crippen molar-refractivity contribution < 1.29 is 9.53 Å². The zero-order chi connectivity index (χ0) is 18.3. The van der Waals surface area contributed by atoms with E-state index in [1.54, 1.807) is 13.1 Å². The quantitative estimate of drug-likeness (QED) is 0.635. The van der Waals surface area contributed by atoms with E-state index in [0.29, 0.717) is 42.6 Å². The number of benzene rings is 1. The molecule has 9 heteroatoms. The summed E-state index contributed by atoms with van der Waals surface area (Å²) in [5, 5.41) is 9.28. The van der Waals surface area contributed by atoms with Gasteiger partial charge >= 0.3 is 0 Å². The number of fused-ring (bicyclic) bond motifs is 3. The molecule has 1 aliphatic heterocycles. The standard InChI is InChI=1S/C17H19N5O3S/c1-11(14(23)21-7-9-25-10-8-21)26-17-19-18-16-20(2)15(24)12-5-3-4-6-13(12)22(16)17/h3-6,11H,7-10H2,1-2H3/t11-/m0/s1. The van der Waals surface area contributed by atoms with Gasteiger partial charge in [0.25, 0.3) is 5.56 Å². The van der Waals surface area contributed by atoms with Gasteiger partial charge in [-0.15, -0.1) is 10.2 Å². The third-order valence-corrected chi connectivity index (χ3v) is 5.58. The van der Waals surface area contributed by atoms with Crippen molar-refractivity contribution in [2.45, 2.75) is 17.3 Å². The van der Waals surface area contributed by atoms with Gasteiger partial charge in [-0.1, -0.05) is 23.9 Å². The predicted octanol–water partition coefficient (Wildman–Crippen LogP) is 0.921. The Morgan fingerprint density at radius 3 is 2.73 bits per heavy atom. The molecule has 0 spiro atoms. The van der Waals surface area contributed by atoms with Crippen LogP contribution in [0.4, 0.5) is 0 Å². The van der Waals surface area contributed by atoms with Crippen LogP contribution in [0.1, 0.15) is 6.92 Å². The van der Waals surface area contributed by atoms with E-state index >= 15 is 0 Å². The van der Waals surface area contributed by atoms with Crippen molar-refractivity contribution in [2.75, 3.05) is 26.3 Å². The number of morpholine rings is 1. The van der Waals surface area contributed by atoms with Gasteiger partial charge in [0.05, 0.1) is 29.4 Å². The largest absolute Gasteiger partial charge is 0.378 e. The normalized spacial score (nSPS) is 16.3. The summed E-state index contributed by atoms with van der Waals surface area (Å²) in [5.74, 6) is 0.520. The maximum atomic E-state index is 12.7. The first-order valence-electron chi connectivity index (χ1n) is 8.44. The van der Waals surface area contributed by atoms with Crippen molar-refractivity contribution in [3.05, 3.63) is 34.6 Å². The number of hydrogen-bond donors (Lipinski definition) is 0. The van der Waals surface area contributed by atoms with Crippen LogP contribution in [0.5, 0.6) is 0 Å². The Kier molecular flexibility index (Phi) is 4.41. The molecule has 0 unspecified atom stereocenters. The third kappa shape index (κ3) is 2.77. The number of thioether (sulfide) groups is 1. The minimum absolute atomic E-state index is 0.0594. The predicted molar refractivity (Wildman–Crippen MR) is 98.5 cm³/mol. The van der Waals surface area contributed by atoms with E-state index in [0.717, 1.165) is 5.52 Å². The van der Waals surface area contributed by atoms with E-state index < -0.39 is 0 Å². The molecule has 0 saturated carbocycles. The lowest BCUT2D eigenvalue weighted by Gasteiger charge is -2.28. The van der Waals surface area contributed by atoms with Crippen LogP contribution >= 0.6 is 11.8 Å². The van der Waals surface area contributed by atoms with Gasteiger partial charge in [0.2, 0.25) is 11.7 Å². The molecule has 1 fully saturated rings. The highest BCUT2D eigenvalue weighted by molar-refractivity contribution is 8.00. The molecule has 136 valence electrons. The fraction of sp³-hybridized carbons (Fsp3) is 0.412. The molecule has 1 aromatic carbocycles. The lowest BCUT2D eigenvalue weighted by molar-refractivity contribution is -0.134. The number of amides is 1. The van der Waals surface area contributed by atoms with Crippen LogP contribution in [-0.2, 0) is 16.6 Å². The molecule has 1 amide bonds. The van der Waals surface area contributed by atoms with Crippen LogP contribution in [0.15, 0.2) is 34.2 Å². The highest BCUT2D eigenvalue weighted by atomic mass is 32.2. The molecule has 1 saturated heterocycles. The van der Waals surface area contributed by atoms with Gasteiger partial charge in [0.15, 0.2) is 5.16 Å². The molecular weight excluding hydrogens is 354 g/mol. The van der Waals surface area contributed by atoms with Crippen molar-refractivity contribution in [3.8, 4) is 0 Å². The number of aromatic nitrogens is 4. The summed E-state index contributed by atoms with van der Waals surface area (Å²) in [7, 11) is 1.68. The molecule has 26 heavy (non-hydrogen) atoms. The van der Waals surface area contributed by atoms with Gasteiger partial charge in [0.1, 0.15) is 0 Å². The first kappa shape index (κ1) is 17.0. The molecule has 2 aromatic heterocycles. The van der Waals surface area contributed by atoms with E-state index in [1.165, 1.54) is 16.3 Å². The second-order valence-corrected chi connectivity index (χ2v) is 7.50. The molecule has 8 nitrogen and oxygen atoms in total. The zero-order valence-electron chi connectivity index (χ0n) is 14.6. The summed E-state index contributed by atoms with van der Waals surface area (Å²) in [6, 6.07) is 7.36. The second kappa shape index (κ2) is 6.73. The fourth-order valence-corrected chi connectivity index (χ4v) is 4.08. The van der Waals surface area contributed by atoms with Gasteiger partial charge in [-0.05, 0) is 19.1 Å². The smallest absolute Gasteiger partial charge is 0.262 e. The number of carbonyl (C=O) groups is 1. The van der Waals surface area contributed by atoms with Gasteiger partial charge in [-0.25, -0.2) is 0 Å². The summed E-state index contributed by atoms with van der Waals surface area (Å²) in [5.41, 5.74) is 0.624. The summed E-state index contributed by atoms with van der Waals surface area (Å²) < 4.78 is 8.62. The Morgan fingerprint density at radius 2 is 1.96 bits per heavy atom. The minimum atomic E-state index is -0.309. The molecule has 1 atom stereocenters. The molecule has 3 heterocycles. The van der Waals surface area contributed by atoms with Gasteiger partial charge < -0.3 is 9.64 Å². The molecule has 0 radical (unpaired) electrons. The SMILES string of the molecule is C[C@H](Sc1nnc2n(C)c(=O)c3ccccc3n12)C(=O)N1CCOCC1. The van der Waals surface area contributed by atoms with Crippen LogP contribution in [0.3, 0.4) is 0 Å². The van der Waals surface area contributed by atoms with Gasteiger partial charge in [-0.2, -0.15) is 0 Å². The maximum absolute atomic E-state index is 12.7. The number of nitrogens with zero attached hydrogens (tertiary/aromatic N) is 5. The molecule has 1 aliphatic rings. The minimum Gasteiger partial charge on any atom is -0.378 e. The Bertz CT molecular complexity index is 1040. The lowest BCUT2D eigenvalue weighted by atomic mass is 10.2. The second-order valence-electron chi connectivity index (χ2n) is 6.20. The number of rotatable bonds is 3. The topological polar surface area (TPSA) is 81.7 Å². The molecule has 0 aliphatic carbocycles. The first-order valence-corrected chi connectivity index (χ1v) is 9.32. The summed E-state index contributed by atoms with van der Waals surface area (Å²) >= 11 is 1.35. The van der Waals surface area contributed by atoms with Crippen molar-refractivity contribution >= 4 is 34.3 Å². The Labute approximate surface area is 153 Å². The lowest BCUT2D eigenvalue weighted by Crippen LogP contribution is -2.44. The van der Waals surface area contributed by atoms with Gasteiger partial charge in [0, 0.05) is 20.1 Å². The van der Waals surface area contributed by atoms with Crippen LogP contribution in [0, 0.1) is 0 Å². The van der Waals surface area contributed by atoms with E-state index in [2.05, 4.69) is 10.2 Å². The molecule has 4 rings (SSSR count). The third-order valence-electron chi connectivity index (χ3n) is 4.55. The maximum Gasteiger partial charge on any atom is 0.262 e. The Morgan fingerprint density at radius 1 is 1.23 bits per heavy atom. The summed E-state index contributed by atoms with van der Waals surface area (Å²) in [6.45, 7) is 4.24. The molecule has 0 bridgehead atoms. The first-order chi connectivity index (χ1) is 12.6. The van der Waals surface area contributed by atoms with Crippen molar-refractivity contribution in [1.29, 1.82) is 0 Å². The van der Waals surface area contributed by atoms with E-state index in [1.807, 2.05) is 34.4 Å². The van der Waals surface area contributed by atoms with Gasteiger partial charge in [-0.3, -0.25) is 18.6 Å². The molecule has 0 N–H and O–H groups in total. The van der Waals surface area contributed by atoms with E-state index in [-0.39, 0.29) is 16.7 Å². The number of para-hydroxylation sites is 1. The monoisotopic (exact) mass is 373 g/mol. The average Bonchev–Trinajstić information content (AvgIpc) is 3.10. The number of aryl methyl sites for hydroxylation is 1. The summed E-state index contributed by atoms with van der Waals surface area (Å²) in [4.78, 5) is 27.0. The number of hydrogen-bond acceptors (Lipinski definition) is 6. The fourth-order valence-electron chi connectivity index (χ4n) is 3.14. The summed E-state index contributed by atoms with van der Waals surface area (Å²) in [6.07, 6.45) is 0. The van der Waals surface area contributed by atoms with E-state index in [4.69, 9.17) is 4.74 Å². The zero-order valence-corrected chi connectivity index (χ0v) is 15.4. The highest BCUT2D eigenvalue weighted by Crippen LogP contribution is 2.26. The number of carbonyl (C=O) groups excluding carboxylic acids is 1. The van der Waals surface area contributed by atoms with Crippen molar-refractivity contribution in [2.24, 2.45) is 7.05 Å². The number of ether oxygens (including phenoxy) is 1. The van der Waals surface area contributed by atoms with Crippen LogP contribution < -0.4 is 5.56 Å². The van der Waals surface area contributed by atoms with E-state index in [9.17, 15) is 9.59 Å². The molecule has 3 aromatic rings. The van der Waals surface area contributed by atoms with Crippen LogP contribution in [0.2, 0.25) is 0 Å². The van der Waals surface area contributed by atoms with Crippen molar-refractivity contribution in [1.82, 2.24) is 24.1 Å². The Balaban J connectivity index is 1.73. The highest BCUT2D eigenvalue weighted by Gasteiger charge is 2.25.